The summed E-state index contributed by atoms with van der Waals surface area (Å²) in [6.45, 7) is 9.70. The first-order valence-corrected chi connectivity index (χ1v) is 47.5. The summed E-state index contributed by atoms with van der Waals surface area (Å²) in [7, 11) is -9.93. The standard InChI is InChI=1S/C86H168O17P2/c1-7-10-12-14-16-18-20-22-23-24-25-26-27-28-29-30-36-40-46-53-59-65-71-86(91)102-81(74-96-83(88)68-62-56-50-44-38-35-32-31-34-37-43-49-55-61-67-79(6)9-3)76-100-104(92,93)98-72-80(87)73-99-105(94,95)101-77-82(75-97-84(89)69-63-57-51-47-41-42-48-54-60-66-78(4)5)103-85(90)70-64-58-52-45-39-33-21-19-17-15-13-11-8-2/h78-82,87H,7-77H2,1-6H3,(H,92,93)(H,94,95)/t79?,80-,81-,82-/m1/s1. The molecule has 0 aromatic carbocycles. The minimum Gasteiger partial charge on any atom is -0.462 e. The molecule has 624 valence electrons. The van der Waals surface area contributed by atoms with Crippen molar-refractivity contribution >= 4 is 39.5 Å². The molecule has 0 aliphatic heterocycles. The lowest BCUT2D eigenvalue weighted by Crippen LogP contribution is -2.30. The van der Waals surface area contributed by atoms with Gasteiger partial charge in [-0.2, -0.15) is 0 Å². The van der Waals surface area contributed by atoms with Crippen molar-refractivity contribution in [2.24, 2.45) is 11.8 Å². The number of carbonyl (C=O) groups excluding carboxylic acids is 4. The zero-order valence-corrected chi connectivity index (χ0v) is 70.8. The highest BCUT2D eigenvalue weighted by Crippen LogP contribution is 2.45. The van der Waals surface area contributed by atoms with Crippen molar-refractivity contribution < 1.29 is 80.2 Å². The van der Waals surface area contributed by atoms with Crippen LogP contribution in [0, 0.1) is 11.8 Å². The van der Waals surface area contributed by atoms with Gasteiger partial charge in [-0.15, -0.1) is 0 Å². The van der Waals surface area contributed by atoms with E-state index in [0.29, 0.717) is 25.7 Å². The molecular formula is C86H168O17P2. The number of phosphoric acid groups is 2. The Hall–Kier alpha value is -1.94. The second-order valence-electron chi connectivity index (χ2n) is 31.6. The third-order valence-electron chi connectivity index (χ3n) is 20.6. The Bertz CT molecular complexity index is 2010. The van der Waals surface area contributed by atoms with Crippen molar-refractivity contribution in [3.63, 3.8) is 0 Å². The van der Waals surface area contributed by atoms with E-state index in [2.05, 4.69) is 41.5 Å². The monoisotopic (exact) mass is 1540 g/mol. The largest absolute Gasteiger partial charge is 0.472 e. The smallest absolute Gasteiger partial charge is 0.462 e. The van der Waals surface area contributed by atoms with Gasteiger partial charge in [-0.25, -0.2) is 9.13 Å². The number of unbranched alkanes of at least 4 members (excludes halogenated alkanes) is 54. The topological polar surface area (TPSA) is 237 Å². The molecule has 0 fully saturated rings. The molecule has 0 radical (unpaired) electrons. The van der Waals surface area contributed by atoms with E-state index in [1.54, 1.807) is 0 Å². The molecule has 0 spiro atoms. The lowest BCUT2D eigenvalue weighted by atomic mass is 9.99. The predicted molar refractivity (Wildman–Crippen MR) is 432 cm³/mol. The lowest BCUT2D eigenvalue weighted by molar-refractivity contribution is -0.161. The van der Waals surface area contributed by atoms with E-state index in [4.69, 9.17) is 37.0 Å². The second kappa shape index (κ2) is 77.4. The number of hydrogen-bond donors (Lipinski definition) is 3. The van der Waals surface area contributed by atoms with Gasteiger partial charge in [0.2, 0.25) is 0 Å². The Kier molecular flexibility index (Phi) is 76.0. The van der Waals surface area contributed by atoms with Crippen LogP contribution in [0.25, 0.3) is 0 Å². The number of ether oxygens (including phenoxy) is 4. The summed E-state index contributed by atoms with van der Waals surface area (Å²) < 4.78 is 68.9. The zero-order valence-electron chi connectivity index (χ0n) is 69.0. The van der Waals surface area contributed by atoms with Crippen LogP contribution in [0.2, 0.25) is 0 Å². The van der Waals surface area contributed by atoms with Crippen LogP contribution in [0.3, 0.4) is 0 Å². The van der Waals surface area contributed by atoms with Gasteiger partial charge in [0, 0.05) is 25.7 Å². The van der Waals surface area contributed by atoms with Crippen molar-refractivity contribution in [2.45, 2.75) is 477 Å². The van der Waals surface area contributed by atoms with Crippen LogP contribution in [-0.4, -0.2) is 96.7 Å². The fraction of sp³-hybridized carbons (Fsp3) is 0.953. The number of hydrogen-bond acceptors (Lipinski definition) is 15. The molecular weight excluding hydrogens is 1370 g/mol. The molecule has 0 bridgehead atoms. The third-order valence-corrected chi connectivity index (χ3v) is 22.5. The van der Waals surface area contributed by atoms with Crippen molar-refractivity contribution in [3.8, 4) is 0 Å². The van der Waals surface area contributed by atoms with Gasteiger partial charge in [-0.3, -0.25) is 37.3 Å². The molecule has 0 heterocycles. The maximum Gasteiger partial charge on any atom is 0.472 e. The van der Waals surface area contributed by atoms with E-state index in [1.165, 1.54) is 276 Å². The van der Waals surface area contributed by atoms with Crippen LogP contribution in [0.15, 0.2) is 0 Å². The Morgan fingerprint density at radius 2 is 0.486 bits per heavy atom. The first-order valence-electron chi connectivity index (χ1n) is 44.5. The van der Waals surface area contributed by atoms with Gasteiger partial charge in [0.25, 0.3) is 0 Å². The van der Waals surface area contributed by atoms with E-state index in [9.17, 15) is 43.2 Å². The van der Waals surface area contributed by atoms with Crippen LogP contribution >= 0.6 is 15.6 Å². The van der Waals surface area contributed by atoms with Gasteiger partial charge < -0.3 is 33.8 Å². The van der Waals surface area contributed by atoms with E-state index in [1.807, 2.05) is 0 Å². The van der Waals surface area contributed by atoms with Gasteiger partial charge in [0.15, 0.2) is 12.2 Å². The highest BCUT2D eigenvalue weighted by Gasteiger charge is 2.30. The first-order chi connectivity index (χ1) is 50.9. The Morgan fingerprint density at radius 1 is 0.276 bits per heavy atom. The number of rotatable bonds is 85. The zero-order chi connectivity index (χ0) is 77.1. The molecule has 0 saturated heterocycles. The van der Waals surface area contributed by atoms with Gasteiger partial charge in [0.05, 0.1) is 26.4 Å². The molecule has 3 unspecified atom stereocenters. The Morgan fingerprint density at radius 3 is 0.724 bits per heavy atom. The molecule has 0 aromatic rings. The van der Waals surface area contributed by atoms with Crippen molar-refractivity contribution in [1.29, 1.82) is 0 Å². The highest BCUT2D eigenvalue weighted by atomic mass is 31.2. The fourth-order valence-electron chi connectivity index (χ4n) is 13.4. The normalized spacial score (nSPS) is 14.1. The van der Waals surface area contributed by atoms with E-state index in [-0.39, 0.29) is 25.7 Å². The maximum atomic E-state index is 13.1. The average molecular weight is 1540 g/mol. The number of aliphatic hydroxyl groups is 1. The van der Waals surface area contributed by atoms with Crippen LogP contribution in [-0.2, 0) is 65.4 Å². The molecule has 3 N–H and O–H groups in total. The van der Waals surface area contributed by atoms with Crippen LogP contribution in [0.5, 0.6) is 0 Å². The maximum absolute atomic E-state index is 13.1. The summed E-state index contributed by atoms with van der Waals surface area (Å²) in [6.07, 6.45) is 69.4. The van der Waals surface area contributed by atoms with Crippen molar-refractivity contribution in [3.05, 3.63) is 0 Å². The molecule has 0 aliphatic rings. The van der Waals surface area contributed by atoms with Gasteiger partial charge >= 0.3 is 39.5 Å². The number of esters is 4. The van der Waals surface area contributed by atoms with E-state index in [0.717, 1.165) is 102 Å². The molecule has 19 heteroatoms. The number of carbonyl (C=O) groups is 4. The summed E-state index contributed by atoms with van der Waals surface area (Å²) in [6, 6.07) is 0. The third kappa shape index (κ3) is 78.5. The minimum absolute atomic E-state index is 0.108. The molecule has 0 rings (SSSR count). The molecule has 6 atom stereocenters. The van der Waals surface area contributed by atoms with Crippen molar-refractivity contribution in [1.82, 2.24) is 0 Å². The summed E-state index contributed by atoms with van der Waals surface area (Å²) in [5.74, 6) is -0.508. The van der Waals surface area contributed by atoms with Gasteiger partial charge in [-0.1, -0.05) is 408 Å². The molecule has 0 saturated carbocycles. The van der Waals surface area contributed by atoms with Crippen molar-refractivity contribution in [2.75, 3.05) is 39.6 Å². The average Bonchev–Trinajstić information content (AvgIpc) is 0.907. The Labute approximate surface area is 645 Å². The molecule has 0 aromatic heterocycles. The summed E-state index contributed by atoms with van der Waals surface area (Å²) >= 11 is 0. The molecule has 0 amide bonds. The predicted octanol–water partition coefficient (Wildman–Crippen LogP) is 26.2. The SMILES string of the molecule is CCCCCCCCCCCCCCCCCCCCCCCCC(=O)O[C@H](COC(=O)CCCCCCCCCCCCCCCCC(C)CC)COP(=O)(O)OC[C@@H](O)COP(=O)(O)OC[C@@H](COC(=O)CCCCCCCCCCCC(C)C)OC(=O)CCCCCCCCCCCCCCC. The molecule has 17 nitrogen and oxygen atoms in total. The van der Waals surface area contributed by atoms with Gasteiger partial charge in [0.1, 0.15) is 19.3 Å². The summed E-state index contributed by atoms with van der Waals surface area (Å²) in [5, 5.41) is 10.7. The summed E-state index contributed by atoms with van der Waals surface area (Å²) in [4.78, 5) is 73.2. The lowest BCUT2D eigenvalue weighted by Gasteiger charge is -2.21. The quantitative estimate of drug-likeness (QED) is 0.0222. The molecule has 0 aliphatic carbocycles. The minimum atomic E-state index is -4.97. The summed E-state index contributed by atoms with van der Waals surface area (Å²) in [5.41, 5.74) is 0. The van der Waals surface area contributed by atoms with Crippen LogP contribution in [0.1, 0.15) is 459 Å². The molecule has 105 heavy (non-hydrogen) atoms. The highest BCUT2D eigenvalue weighted by molar-refractivity contribution is 7.47. The first kappa shape index (κ1) is 103. The second-order valence-corrected chi connectivity index (χ2v) is 34.6. The van der Waals surface area contributed by atoms with Crippen LogP contribution < -0.4 is 0 Å². The fourth-order valence-corrected chi connectivity index (χ4v) is 15.0. The van der Waals surface area contributed by atoms with E-state index >= 15 is 0 Å². The number of aliphatic hydroxyl groups excluding tert-OH is 1. The van der Waals surface area contributed by atoms with Gasteiger partial charge in [-0.05, 0) is 37.5 Å². The van der Waals surface area contributed by atoms with E-state index < -0.39 is 97.5 Å². The van der Waals surface area contributed by atoms with Crippen LogP contribution in [0.4, 0.5) is 0 Å². The number of phosphoric ester groups is 2. The Balaban J connectivity index is 5.23.